The van der Waals surface area contributed by atoms with Gasteiger partial charge in [0.1, 0.15) is 11.3 Å². The van der Waals surface area contributed by atoms with Gasteiger partial charge in [0.25, 0.3) is 0 Å². The summed E-state index contributed by atoms with van der Waals surface area (Å²) in [5.74, 6) is -0.414. The molecule has 0 atom stereocenters. The van der Waals surface area contributed by atoms with Gasteiger partial charge in [0, 0.05) is 4.47 Å². The Bertz CT molecular complexity index is 584. The van der Waals surface area contributed by atoms with E-state index in [0.29, 0.717) is 5.82 Å². The molecule has 0 spiro atoms. The Hall–Kier alpha value is -1.96. The molecule has 0 saturated heterocycles. The first-order valence-electron chi connectivity index (χ1n) is 4.95. The van der Waals surface area contributed by atoms with E-state index in [1.807, 2.05) is 0 Å². The van der Waals surface area contributed by atoms with Crippen LogP contribution in [0.4, 0.5) is 0 Å². The molecule has 2 aromatic rings. The molecule has 7 nitrogen and oxygen atoms in total. The zero-order valence-electron chi connectivity index (χ0n) is 9.37. The van der Waals surface area contributed by atoms with Gasteiger partial charge in [-0.05, 0) is 23.4 Å². The average Bonchev–Trinajstić information content (AvgIpc) is 2.72. The summed E-state index contributed by atoms with van der Waals surface area (Å²) in [4.78, 5) is 12.3. The third-order valence-electron chi connectivity index (χ3n) is 2.08. The maximum Gasteiger partial charge on any atom is 0.339 e. The predicted octanol–water partition coefficient (Wildman–Crippen LogP) is 1.25. The molecule has 1 aromatic heterocycles. The predicted molar refractivity (Wildman–Crippen MR) is 64.2 cm³/mol. The number of tetrazole rings is 1. The molecular weight excluding hydrogens is 304 g/mol. The highest BCUT2D eigenvalue weighted by Gasteiger charge is 2.12. The van der Waals surface area contributed by atoms with E-state index in [-0.39, 0.29) is 17.9 Å². The van der Waals surface area contributed by atoms with E-state index < -0.39 is 5.97 Å². The maximum atomic E-state index is 11.0. The van der Waals surface area contributed by atoms with Crippen molar-refractivity contribution in [1.82, 2.24) is 20.2 Å². The van der Waals surface area contributed by atoms with E-state index in [1.165, 1.54) is 10.9 Å². The molecule has 1 aromatic carbocycles. The van der Waals surface area contributed by atoms with Crippen LogP contribution in [0.3, 0.4) is 0 Å². The van der Waals surface area contributed by atoms with Gasteiger partial charge in [-0.1, -0.05) is 15.9 Å². The Labute approximate surface area is 111 Å². The zero-order chi connectivity index (χ0) is 13.1. The summed E-state index contributed by atoms with van der Waals surface area (Å²) in [5.41, 5.74) is 0.0853. The van der Waals surface area contributed by atoms with Gasteiger partial charge < -0.3 is 9.84 Å². The van der Waals surface area contributed by atoms with Gasteiger partial charge in [0.2, 0.25) is 5.82 Å². The first kappa shape index (κ1) is 12.5. The molecule has 2 rings (SSSR count). The van der Waals surface area contributed by atoms with Crippen molar-refractivity contribution in [3.63, 3.8) is 0 Å². The third kappa shape index (κ3) is 2.83. The second kappa shape index (κ2) is 5.13. The van der Waals surface area contributed by atoms with Crippen LogP contribution in [0.2, 0.25) is 0 Å². The second-order valence-corrected chi connectivity index (χ2v) is 4.35. The minimum atomic E-state index is -1.05. The monoisotopic (exact) mass is 312 g/mol. The molecule has 94 valence electrons. The van der Waals surface area contributed by atoms with E-state index in [4.69, 9.17) is 9.84 Å². The minimum absolute atomic E-state index is 0.0601. The Balaban J connectivity index is 2.17. The quantitative estimate of drug-likeness (QED) is 0.913. The second-order valence-electron chi connectivity index (χ2n) is 3.43. The number of ether oxygens (including phenoxy) is 1. The number of hydrogen-bond donors (Lipinski definition) is 1. The number of rotatable bonds is 4. The number of halogens is 1. The molecule has 0 fully saturated rings. The summed E-state index contributed by atoms with van der Waals surface area (Å²) in [6.07, 6.45) is 0. The number of benzene rings is 1. The summed E-state index contributed by atoms with van der Waals surface area (Å²) in [6, 6.07) is 4.68. The molecule has 0 aliphatic rings. The van der Waals surface area contributed by atoms with Gasteiger partial charge in [-0.3, -0.25) is 0 Å². The summed E-state index contributed by atoms with van der Waals surface area (Å²) in [7, 11) is 1.64. The van der Waals surface area contributed by atoms with E-state index in [0.717, 1.165) is 4.47 Å². The maximum absolute atomic E-state index is 11.0. The van der Waals surface area contributed by atoms with Gasteiger partial charge >= 0.3 is 5.97 Å². The van der Waals surface area contributed by atoms with Crippen molar-refractivity contribution in [2.45, 2.75) is 6.61 Å². The highest BCUT2D eigenvalue weighted by molar-refractivity contribution is 9.10. The van der Waals surface area contributed by atoms with Crippen LogP contribution in [0, 0.1) is 0 Å². The molecule has 18 heavy (non-hydrogen) atoms. The lowest BCUT2D eigenvalue weighted by molar-refractivity contribution is 0.0691. The number of carbonyl (C=O) groups is 1. The summed E-state index contributed by atoms with van der Waals surface area (Å²) >= 11 is 3.26. The van der Waals surface area contributed by atoms with Crippen molar-refractivity contribution in [2.24, 2.45) is 7.05 Å². The van der Waals surface area contributed by atoms with Crippen LogP contribution >= 0.6 is 15.9 Å². The molecule has 0 aliphatic heterocycles. The largest absolute Gasteiger partial charge is 0.485 e. The highest BCUT2D eigenvalue weighted by Crippen LogP contribution is 2.24. The van der Waals surface area contributed by atoms with Crippen molar-refractivity contribution in [3.05, 3.63) is 34.1 Å². The van der Waals surface area contributed by atoms with Crippen molar-refractivity contribution >= 4 is 21.9 Å². The Kier molecular flexibility index (Phi) is 3.56. The number of hydrogen-bond acceptors (Lipinski definition) is 5. The average molecular weight is 313 g/mol. The van der Waals surface area contributed by atoms with Crippen molar-refractivity contribution in [2.75, 3.05) is 0 Å². The number of nitrogens with zero attached hydrogens (tertiary/aromatic N) is 4. The standard InChI is InChI=1S/C10H9BrN4O3/c1-15-13-9(12-14-15)5-18-8-4-6(11)2-3-7(8)10(16)17/h2-4H,5H2,1H3,(H,16,17). The molecule has 0 unspecified atom stereocenters. The number of carboxylic acid groups (broad SMARTS) is 1. The molecule has 1 heterocycles. The highest BCUT2D eigenvalue weighted by atomic mass is 79.9. The van der Waals surface area contributed by atoms with Gasteiger partial charge in [-0.15, -0.1) is 10.2 Å². The smallest absolute Gasteiger partial charge is 0.339 e. The number of aromatic nitrogens is 4. The molecule has 0 radical (unpaired) electrons. The van der Waals surface area contributed by atoms with E-state index in [1.54, 1.807) is 19.2 Å². The first-order valence-corrected chi connectivity index (χ1v) is 5.74. The van der Waals surface area contributed by atoms with Crippen LogP contribution in [0.15, 0.2) is 22.7 Å². The minimum Gasteiger partial charge on any atom is -0.485 e. The van der Waals surface area contributed by atoms with Gasteiger partial charge in [-0.2, -0.15) is 4.80 Å². The van der Waals surface area contributed by atoms with Crippen LogP contribution in [-0.2, 0) is 13.7 Å². The number of carboxylic acids is 1. The third-order valence-corrected chi connectivity index (χ3v) is 2.57. The first-order chi connectivity index (χ1) is 8.56. The fourth-order valence-corrected chi connectivity index (χ4v) is 1.66. The molecule has 0 saturated carbocycles. The lowest BCUT2D eigenvalue weighted by Crippen LogP contribution is -2.04. The van der Waals surface area contributed by atoms with Gasteiger partial charge in [0.15, 0.2) is 6.61 Å². The van der Waals surface area contributed by atoms with Gasteiger partial charge in [0.05, 0.1) is 7.05 Å². The molecule has 8 heteroatoms. The molecule has 0 bridgehead atoms. The van der Waals surface area contributed by atoms with E-state index in [9.17, 15) is 4.79 Å². The summed E-state index contributed by atoms with van der Waals surface area (Å²) in [5, 5.41) is 20.3. The lowest BCUT2D eigenvalue weighted by atomic mass is 10.2. The van der Waals surface area contributed by atoms with Crippen LogP contribution < -0.4 is 4.74 Å². The lowest BCUT2D eigenvalue weighted by Gasteiger charge is -2.07. The fourth-order valence-electron chi connectivity index (χ4n) is 1.32. The topological polar surface area (TPSA) is 90.1 Å². The normalized spacial score (nSPS) is 10.3. The van der Waals surface area contributed by atoms with Crippen LogP contribution in [0.1, 0.15) is 16.2 Å². The Morgan fingerprint density at radius 3 is 2.94 bits per heavy atom. The zero-order valence-corrected chi connectivity index (χ0v) is 11.0. The molecule has 1 N–H and O–H groups in total. The fraction of sp³-hybridized carbons (Fsp3) is 0.200. The molecule has 0 aliphatic carbocycles. The van der Waals surface area contributed by atoms with Crippen LogP contribution in [-0.4, -0.2) is 31.3 Å². The van der Waals surface area contributed by atoms with Crippen molar-refractivity contribution < 1.29 is 14.6 Å². The van der Waals surface area contributed by atoms with Crippen molar-refractivity contribution in [3.8, 4) is 5.75 Å². The molecular formula is C10H9BrN4O3. The summed E-state index contributed by atoms with van der Waals surface area (Å²) in [6.45, 7) is 0.0601. The van der Waals surface area contributed by atoms with E-state index >= 15 is 0 Å². The number of aromatic carboxylic acids is 1. The van der Waals surface area contributed by atoms with Crippen molar-refractivity contribution in [1.29, 1.82) is 0 Å². The SMILES string of the molecule is Cn1nnc(COc2cc(Br)ccc2C(=O)O)n1. The molecule has 0 amide bonds. The van der Waals surface area contributed by atoms with Crippen LogP contribution in [0.25, 0.3) is 0 Å². The number of aryl methyl sites for hydroxylation is 1. The van der Waals surface area contributed by atoms with E-state index in [2.05, 4.69) is 31.3 Å². The Morgan fingerprint density at radius 1 is 1.56 bits per heavy atom. The Morgan fingerprint density at radius 2 is 2.33 bits per heavy atom. The summed E-state index contributed by atoms with van der Waals surface area (Å²) < 4.78 is 6.12. The van der Waals surface area contributed by atoms with Gasteiger partial charge in [-0.25, -0.2) is 4.79 Å². The van der Waals surface area contributed by atoms with Crippen LogP contribution in [0.5, 0.6) is 5.75 Å².